The highest BCUT2D eigenvalue weighted by atomic mass is 32.1. The molecule has 0 unspecified atom stereocenters. The first-order chi connectivity index (χ1) is 9.34. The zero-order chi connectivity index (χ0) is 12.8. The first kappa shape index (κ1) is 11.2. The molecule has 0 saturated heterocycles. The maximum absolute atomic E-state index is 10.7. The Morgan fingerprint density at radius 2 is 2.05 bits per heavy atom. The van der Waals surface area contributed by atoms with E-state index in [9.17, 15) is 5.11 Å². The Kier molecular flexibility index (Phi) is 2.47. The van der Waals surface area contributed by atoms with Crippen LogP contribution < -0.4 is 0 Å². The van der Waals surface area contributed by atoms with Gasteiger partial charge in [0.05, 0.1) is 11.9 Å². The molecule has 1 aliphatic carbocycles. The largest absolute Gasteiger partial charge is 0.382 e. The summed E-state index contributed by atoms with van der Waals surface area (Å²) in [5, 5.41) is 10.7. The fourth-order valence-corrected chi connectivity index (χ4v) is 3.82. The third-order valence-electron chi connectivity index (χ3n) is 3.65. The van der Waals surface area contributed by atoms with Gasteiger partial charge in [0.25, 0.3) is 0 Å². The predicted molar refractivity (Wildman–Crippen MR) is 75.5 cm³/mol. The third kappa shape index (κ3) is 1.79. The average Bonchev–Trinajstić information content (AvgIpc) is 3.08. The molecular weight excluding hydrogens is 256 g/mol. The van der Waals surface area contributed by atoms with Crippen molar-refractivity contribution in [3.63, 3.8) is 0 Å². The minimum Gasteiger partial charge on any atom is -0.382 e. The summed E-state index contributed by atoms with van der Waals surface area (Å²) in [4.78, 5) is 6.63. The molecule has 1 saturated carbocycles. The highest BCUT2D eigenvalue weighted by molar-refractivity contribution is 7.17. The van der Waals surface area contributed by atoms with Crippen molar-refractivity contribution in [2.24, 2.45) is 0 Å². The first-order valence-electron chi connectivity index (χ1n) is 6.52. The summed E-state index contributed by atoms with van der Waals surface area (Å²) < 4.78 is 2.04. The van der Waals surface area contributed by atoms with E-state index in [1.807, 2.05) is 40.9 Å². The summed E-state index contributed by atoms with van der Waals surface area (Å²) in [6.45, 7) is 0. The number of aromatic nitrogens is 2. The summed E-state index contributed by atoms with van der Waals surface area (Å²) in [6, 6.07) is 9.85. The van der Waals surface area contributed by atoms with Crippen molar-refractivity contribution >= 4 is 16.2 Å². The number of imidazole rings is 1. The molecule has 1 fully saturated rings. The molecule has 0 spiro atoms. The molecule has 2 aromatic heterocycles. The molecule has 0 aliphatic heterocycles. The molecule has 0 radical (unpaired) electrons. The van der Waals surface area contributed by atoms with E-state index in [1.54, 1.807) is 17.7 Å². The first-order valence-corrected chi connectivity index (χ1v) is 7.34. The zero-order valence-electron chi connectivity index (χ0n) is 10.4. The van der Waals surface area contributed by atoms with E-state index in [0.717, 1.165) is 16.1 Å². The van der Waals surface area contributed by atoms with Gasteiger partial charge in [-0.2, -0.15) is 0 Å². The quantitative estimate of drug-likeness (QED) is 0.792. The van der Waals surface area contributed by atoms with Crippen LogP contribution in [0.1, 0.15) is 41.0 Å². The number of rotatable bonds is 3. The normalized spacial score (nSPS) is 16.9. The molecule has 19 heavy (non-hydrogen) atoms. The minimum absolute atomic E-state index is 0.570. The Morgan fingerprint density at radius 3 is 2.79 bits per heavy atom. The second-order valence-electron chi connectivity index (χ2n) is 5.04. The molecular formula is C15H14N2OS. The van der Waals surface area contributed by atoms with Crippen molar-refractivity contribution in [3.05, 3.63) is 59.0 Å². The highest BCUT2D eigenvalue weighted by Crippen LogP contribution is 2.47. The smallest absolute Gasteiger partial charge is 0.120 e. The van der Waals surface area contributed by atoms with Crippen LogP contribution in [-0.2, 0) is 0 Å². The van der Waals surface area contributed by atoms with E-state index < -0.39 is 6.10 Å². The number of fused-ring (bicyclic) bond motifs is 1. The van der Waals surface area contributed by atoms with Gasteiger partial charge in [-0.15, -0.1) is 11.3 Å². The summed E-state index contributed by atoms with van der Waals surface area (Å²) in [5.74, 6) is 0.637. The molecule has 1 aromatic carbocycles. The number of thiazole rings is 1. The van der Waals surface area contributed by atoms with Gasteiger partial charge >= 0.3 is 0 Å². The summed E-state index contributed by atoms with van der Waals surface area (Å²) in [6.07, 6.45) is 5.59. The lowest BCUT2D eigenvalue weighted by molar-refractivity contribution is 0.213. The predicted octanol–water partition coefficient (Wildman–Crippen LogP) is 3.35. The molecule has 3 nitrogen and oxygen atoms in total. The molecule has 1 atom stereocenters. The zero-order valence-corrected chi connectivity index (χ0v) is 11.2. The Labute approximate surface area is 115 Å². The molecule has 96 valence electrons. The molecule has 3 aromatic rings. The van der Waals surface area contributed by atoms with Gasteiger partial charge in [-0.3, -0.25) is 4.40 Å². The van der Waals surface area contributed by atoms with Gasteiger partial charge in [0.15, 0.2) is 0 Å². The molecule has 2 heterocycles. The third-order valence-corrected chi connectivity index (χ3v) is 4.93. The topological polar surface area (TPSA) is 37.5 Å². The van der Waals surface area contributed by atoms with E-state index in [1.165, 1.54) is 17.7 Å². The lowest BCUT2D eigenvalue weighted by atomic mass is 10.0. The lowest BCUT2D eigenvalue weighted by Gasteiger charge is -2.12. The standard InChI is InChI=1S/C15H14N2OS/c18-14(10-4-2-1-3-5-10)13-15(11-6-7-11)19-12-8-16-9-17(12)13/h1-5,8-9,11,14,18H,6-7H2/t14-/m0/s1. The second kappa shape index (κ2) is 4.18. The maximum Gasteiger partial charge on any atom is 0.120 e. The van der Waals surface area contributed by atoms with Gasteiger partial charge in [-0.25, -0.2) is 4.98 Å². The van der Waals surface area contributed by atoms with Crippen LogP contribution in [0.3, 0.4) is 0 Å². The summed E-state index contributed by atoms with van der Waals surface area (Å²) in [5.41, 5.74) is 1.95. The summed E-state index contributed by atoms with van der Waals surface area (Å²) in [7, 11) is 0. The highest BCUT2D eigenvalue weighted by Gasteiger charge is 2.32. The van der Waals surface area contributed by atoms with Crippen LogP contribution in [-0.4, -0.2) is 14.5 Å². The molecule has 4 heteroatoms. The van der Waals surface area contributed by atoms with Crippen LogP contribution in [0.25, 0.3) is 4.83 Å². The maximum atomic E-state index is 10.7. The Morgan fingerprint density at radius 1 is 1.26 bits per heavy atom. The van der Waals surface area contributed by atoms with Crippen molar-refractivity contribution in [3.8, 4) is 0 Å². The van der Waals surface area contributed by atoms with Crippen molar-refractivity contribution in [2.75, 3.05) is 0 Å². The van der Waals surface area contributed by atoms with Crippen molar-refractivity contribution in [1.29, 1.82) is 0 Å². The van der Waals surface area contributed by atoms with Gasteiger partial charge in [0.1, 0.15) is 17.3 Å². The van der Waals surface area contributed by atoms with Gasteiger partial charge in [-0.05, 0) is 24.3 Å². The van der Waals surface area contributed by atoms with Gasteiger partial charge < -0.3 is 5.11 Å². The number of hydrogen-bond acceptors (Lipinski definition) is 3. The van der Waals surface area contributed by atoms with E-state index in [4.69, 9.17) is 0 Å². The van der Waals surface area contributed by atoms with Gasteiger partial charge in [0, 0.05) is 4.88 Å². The van der Waals surface area contributed by atoms with Crippen LogP contribution in [0.15, 0.2) is 42.9 Å². The van der Waals surface area contributed by atoms with Crippen LogP contribution in [0, 0.1) is 0 Å². The van der Waals surface area contributed by atoms with Crippen molar-refractivity contribution in [2.45, 2.75) is 24.9 Å². The monoisotopic (exact) mass is 270 g/mol. The van der Waals surface area contributed by atoms with Crippen LogP contribution in [0.5, 0.6) is 0 Å². The number of nitrogens with zero attached hydrogens (tertiary/aromatic N) is 2. The summed E-state index contributed by atoms with van der Waals surface area (Å²) >= 11 is 1.76. The second-order valence-corrected chi connectivity index (χ2v) is 6.10. The minimum atomic E-state index is -0.570. The number of aliphatic hydroxyl groups is 1. The molecule has 1 N–H and O–H groups in total. The fourth-order valence-electron chi connectivity index (χ4n) is 2.52. The Bertz CT molecular complexity index is 712. The van der Waals surface area contributed by atoms with Crippen LogP contribution in [0.2, 0.25) is 0 Å². The van der Waals surface area contributed by atoms with Crippen LogP contribution in [0.4, 0.5) is 0 Å². The molecule has 0 amide bonds. The lowest BCUT2D eigenvalue weighted by Crippen LogP contribution is -2.05. The Hall–Kier alpha value is -1.65. The van der Waals surface area contributed by atoms with E-state index in [0.29, 0.717) is 5.92 Å². The molecule has 1 aliphatic rings. The fraction of sp³-hybridized carbons (Fsp3) is 0.267. The average molecular weight is 270 g/mol. The Balaban J connectivity index is 1.88. The number of hydrogen-bond donors (Lipinski definition) is 1. The molecule has 0 bridgehead atoms. The SMILES string of the molecule is O[C@@H](c1ccccc1)c1c(C2CC2)sc2cncn12. The van der Waals surface area contributed by atoms with E-state index in [2.05, 4.69) is 4.98 Å². The number of benzene rings is 1. The molecule has 4 rings (SSSR count). The van der Waals surface area contributed by atoms with Gasteiger partial charge in [-0.1, -0.05) is 30.3 Å². The van der Waals surface area contributed by atoms with E-state index >= 15 is 0 Å². The van der Waals surface area contributed by atoms with Crippen molar-refractivity contribution < 1.29 is 5.11 Å². The van der Waals surface area contributed by atoms with E-state index in [-0.39, 0.29) is 0 Å². The van der Waals surface area contributed by atoms with Gasteiger partial charge in [0.2, 0.25) is 0 Å². The van der Waals surface area contributed by atoms with Crippen LogP contribution >= 0.6 is 11.3 Å². The number of aliphatic hydroxyl groups excluding tert-OH is 1. The van der Waals surface area contributed by atoms with Crippen molar-refractivity contribution in [1.82, 2.24) is 9.38 Å².